The van der Waals surface area contributed by atoms with E-state index in [0.29, 0.717) is 23.5 Å². The lowest BCUT2D eigenvalue weighted by Crippen LogP contribution is -1.90. The lowest BCUT2D eigenvalue weighted by atomic mass is 11.0. The van der Waals surface area contributed by atoms with E-state index in [1.807, 2.05) is 13.8 Å². The Morgan fingerprint density at radius 3 is 0.958 bits per heavy atom. The molecule has 0 aromatic heterocycles. The molecule has 0 atom stereocenters. The maximum absolute atomic E-state index is 9.67. The van der Waals surface area contributed by atoms with Crippen molar-refractivity contribution in [2.45, 2.75) is 23.0 Å². The molecule has 8 nitrogen and oxygen atoms in total. The lowest BCUT2D eigenvalue weighted by Gasteiger charge is -2.04. The van der Waals surface area contributed by atoms with Crippen molar-refractivity contribution in [3.63, 3.8) is 0 Å². The van der Waals surface area contributed by atoms with Crippen LogP contribution in [0.5, 0.6) is 0 Å². The number of hydrogen-bond donors (Lipinski definition) is 0. The quantitative estimate of drug-likeness (QED) is 0.275. The van der Waals surface area contributed by atoms with E-state index in [1.54, 1.807) is 0 Å². The predicted molar refractivity (Wildman–Crippen MR) is 101 cm³/mol. The molecule has 0 unspecified atom stereocenters. The second-order valence-corrected chi connectivity index (χ2v) is 9.11. The summed E-state index contributed by atoms with van der Waals surface area (Å²) in [7, 11) is 0. The molecule has 0 aromatic carbocycles. The summed E-state index contributed by atoms with van der Waals surface area (Å²) in [6, 6.07) is 0. The molecule has 0 aromatic rings. The van der Waals surface area contributed by atoms with Crippen LogP contribution in [-0.2, 0) is 19.2 Å². The standard InChI is InChI=1S/2C6H8N2O2S2/c2*1-6(11-4-7-2-9)12-5-8-3-10/h2*6H,4-5H2,1H3. The van der Waals surface area contributed by atoms with E-state index in [1.165, 1.54) is 71.4 Å². The summed E-state index contributed by atoms with van der Waals surface area (Å²) in [5.74, 6) is 1.62. The van der Waals surface area contributed by atoms with E-state index in [2.05, 4.69) is 20.0 Å². The van der Waals surface area contributed by atoms with Gasteiger partial charge in [0.05, 0.1) is 32.7 Å². The third kappa shape index (κ3) is 23.2. The van der Waals surface area contributed by atoms with E-state index < -0.39 is 0 Å². The minimum Gasteiger partial charge on any atom is -0.211 e. The van der Waals surface area contributed by atoms with Gasteiger partial charge < -0.3 is 0 Å². The molecule has 12 heteroatoms. The van der Waals surface area contributed by atoms with Crippen LogP contribution < -0.4 is 0 Å². The van der Waals surface area contributed by atoms with Crippen LogP contribution in [0.2, 0.25) is 0 Å². The van der Waals surface area contributed by atoms with Gasteiger partial charge in [-0.1, -0.05) is 0 Å². The van der Waals surface area contributed by atoms with Crippen molar-refractivity contribution in [2.75, 3.05) is 23.5 Å². The molecule has 0 saturated heterocycles. The monoisotopic (exact) mass is 408 g/mol. The minimum absolute atomic E-state index is 0.263. The second kappa shape index (κ2) is 21.9. The number of rotatable bonds is 12. The zero-order valence-electron chi connectivity index (χ0n) is 13.0. The number of aliphatic imine (C=N–C) groups is 4. The summed E-state index contributed by atoms with van der Waals surface area (Å²) >= 11 is 5.98. The van der Waals surface area contributed by atoms with Gasteiger partial charge in [-0.2, -0.15) is 20.0 Å². The van der Waals surface area contributed by atoms with Crippen LogP contribution >= 0.6 is 47.0 Å². The molecule has 0 N–H and O–H groups in total. The second-order valence-electron chi connectivity index (χ2n) is 3.32. The van der Waals surface area contributed by atoms with Crippen LogP contribution in [0.1, 0.15) is 13.8 Å². The number of carbonyl (C=O) groups excluding carboxylic acids is 4. The molecule has 0 aliphatic rings. The van der Waals surface area contributed by atoms with Crippen molar-refractivity contribution < 1.29 is 19.2 Å². The fourth-order valence-corrected chi connectivity index (χ4v) is 3.62. The number of hydrogen-bond acceptors (Lipinski definition) is 12. The van der Waals surface area contributed by atoms with Crippen LogP contribution in [0.4, 0.5) is 0 Å². The molecular formula is C12H16N4O4S4. The Balaban J connectivity index is 0. The van der Waals surface area contributed by atoms with Gasteiger partial charge in [0.1, 0.15) is 0 Å². The molecule has 0 spiro atoms. The maximum Gasteiger partial charge on any atom is 0.235 e. The van der Waals surface area contributed by atoms with Gasteiger partial charge in [-0.3, -0.25) is 0 Å². The highest BCUT2D eigenvalue weighted by molar-refractivity contribution is 8.17. The van der Waals surface area contributed by atoms with Gasteiger partial charge in [-0.05, 0) is 13.8 Å². The fraction of sp³-hybridized carbons (Fsp3) is 0.667. The minimum atomic E-state index is 0.263. The fourth-order valence-electron chi connectivity index (χ4n) is 0.771. The molecule has 0 aliphatic heterocycles. The normalized spacial score (nSPS) is 11.1. The van der Waals surface area contributed by atoms with Crippen LogP contribution in [0.3, 0.4) is 0 Å². The average Bonchev–Trinajstić information content (AvgIpc) is 2.56. The number of nitrogens with zero attached hydrogens (tertiary/aromatic N) is 4. The highest BCUT2D eigenvalue weighted by Gasteiger charge is 2.01. The maximum atomic E-state index is 9.67. The Hall–Kier alpha value is -1.08. The number of thioether (sulfide) groups is 4. The van der Waals surface area contributed by atoms with Gasteiger partial charge in [-0.15, -0.1) is 47.0 Å². The van der Waals surface area contributed by atoms with Gasteiger partial charge in [-0.25, -0.2) is 19.2 Å². The van der Waals surface area contributed by atoms with Gasteiger partial charge in [0, 0.05) is 0 Å². The van der Waals surface area contributed by atoms with Crippen molar-refractivity contribution in [1.29, 1.82) is 0 Å². The molecule has 0 amide bonds. The molecular weight excluding hydrogens is 392 g/mol. The zero-order chi connectivity index (χ0) is 18.5. The van der Waals surface area contributed by atoms with Gasteiger partial charge >= 0.3 is 0 Å². The largest absolute Gasteiger partial charge is 0.235 e. The molecule has 0 aliphatic carbocycles. The van der Waals surface area contributed by atoms with Crippen LogP contribution in [0.25, 0.3) is 0 Å². The highest BCUT2D eigenvalue weighted by Crippen LogP contribution is 2.23. The summed E-state index contributed by atoms with van der Waals surface area (Å²) in [5.41, 5.74) is 0. The van der Waals surface area contributed by atoms with E-state index >= 15 is 0 Å². The van der Waals surface area contributed by atoms with E-state index in [9.17, 15) is 19.2 Å². The van der Waals surface area contributed by atoms with Crippen molar-refractivity contribution in [3.8, 4) is 0 Å². The average molecular weight is 409 g/mol. The highest BCUT2D eigenvalue weighted by atomic mass is 32.2. The third-order valence-corrected chi connectivity index (χ3v) is 6.38. The first-order valence-corrected chi connectivity index (χ1v) is 10.4. The molecule has 0 radical (unpaired) electrons. The molecule has 0 bridgehead atoms. The topological polar surface area (TPSA) is 118 Å². The van der Waals surface area contributed by atoms with Crippen LogP contribution in [-0.4, -0.2) is 57.0 Å². The molecule has 24 heavy (non-hydrogen) atoms. The lowest BCUT2D eigenvalue weighted by molar-refractivity contribution is 0.563. The van der Waals surface area contributed by atoms with Crippen LogP contribution in [0, 0.1) is 0 Å². The number of isocyanates is 4. The Morgan fingerprint density at radius 1 is 0.583 bits per heavy atom. The molecule has 0 heterocycles. The van der Waals surface area contributed by atoms with E-state index in [4.69, 9.17) is 0 Å². The predicted octanol–water partition coefficient (Wildman–Crippen LogP) is 2.77. The van der Waals surface area contributed by atoms with Gasteiger partial charge in [0.25, 0.3) is 0 Å². The molecule has 0 rings (SSSR count). The summed E-state index contributed by atoms with van der Waals surface area (Å²) in [5, 5.41) is 0. The summed E-state index contributed by atoms with van der Waals surface area (Å²) in [4.78, 5) is 52.2. The Kier molecular flexibility index (Phi) is 23.0. The molecule has 0 saturated carbocycles. The van der Waals surface area contributed by atoms with Crippen molar-refractivity contribution in [1.82, 2.24) is 0 Å². The van der Waals surface area contributed by atoms with Crippen LogP contribution in [0.15, 0.2) is 20.0 Å². The Morgan fingerprint density at radius 2 is 0.792 bits per heavy atom. The zero-order valence-corrected chi connectivity index (χ0v) is 16.3. The van der Waals surface area contributed by atoms with Gasteiger partial charge in [0.2, 0.25) is 24.3 Å². The first-order valence-electron chi connectivity index (χ1n) is 6.23. The van der Waals surface area contributed by atoms with Crippen molar-refractivity contribution in [2.24, 2.45) is 20.0 Å². The summed E-state index contributed by atoms with van der Waals surface area (Å²) in [6.07, 6.45) is 5.80. The first kappa shape index (κ1) is 25.2. The molecule has 132 valence electrons. The smallest absolute Gasteiger partial charge is 0.211 e. The molecule has 0 fully saturated rings. The SMILES string of the molecule is CC(SCN=C=O)SCN=C=O.CC(SCN=C=O)SCN=C=O. The third-order valence-electron chi connectivity index (χ3n) is 1.75. The van der Waals surface area contributed by atoms with Crippen molar-refractivity contribution >= 4 is 71.4 Å². The first-order chi connectivity index (χ1) is 11.6. The van der Waals surface area contributed by atoms with Gasteiger partial charge in [0.15, 0.2) is 0 Å². The van der Waals surface area contributed by atoms with E-state index in [0.717, 1.165) is 0 Å². The Bertz CT molecular complexity index is 421. The Labute approximate surface area is 156 Å². The summed E-state index contributed by atoms with van der Waals surface area (Å²) < 4.78 is 0.526. The summed E-state index contributed by atoms with van der Waals surface area (Å²) in [6.45, 7) is 3.91. The van der Waals surface area contributed by atoms with E-state index in [-0.39, 0.29) is 9.16 Å². The van der Waals surface area contributed by atoms with Crippen molar-refractivity contribution in [3.05, 3.63) is 0 Å².